The van der Waals surface area contributed by atoms with Crippen molar-refractivity contribution in [3.63, 3.8) is 0 Å². The highest BCUT2D eigenvalue weighted by atomic mass is 16.5. The number of carbonyl (C=O) groups is 2. The van der Waals surface area contributed by atoms with E-state index < -0.39 is 17.6 Å². The standard InChI is InChI=1S/C23H18N2O6/c1-29-22(27)15-7-12-19-20(13-15)31-23(28)25(19)14-21(26)24-16-8-10-18(11-9-16)30-17-5-3-2-4-6-17/h2-13H,14H2,1H3,(H,24,26). The Balaban J connectivity index is 1.45. The van der Waals surface area contributed by atoms with Gasteiger partial charge in [-0.3, -0.25) is 9.36 Å². The van der Waals surface area contributed by atoms with Crippen LogP contribution in [0.3, 0.4) is 0 Å². The van der Waals surface area contributed by atoms with Crippen molar-refractivity contribution in [3.8, 4) is 11.5 Å². The smallest absolute Gasteiger partial charge is 0.420 e. The lowest BCUT2D eigenvalue weighted by Crippen LogP contribution is -2.24. The van der Waals surface area contributed by atoms with Crippen molar-refractivity contribution in [2.24, 2.45) is 0 Å². The van der Waals surface area contributed by atoms with Gasteiger partial charge in [0.2, 0.25) is 5.91 Å². The van der Waals surface area contributed by atoms with E-state index >= 15 is 0 Å². The maximum atomic E-state index is 12.5. The molecule has 0 bridgehead atoms. The van der Waals surface area contributed by atoms with Gasteiger partial charge >= 0.3 is 11.7 Å². The van der Waals surface area contributed by atoms with Crippen LogP contribution in [0, 0.1) is 0 Å². The number of oxazole rings is 1. The zero-order valence-corrected chi connectivity index (χ0v) is 16.5. The molecule has 0 saturated carbocycles. The monoisotopic (exact) mass is 418 g/mol. The number of benzene rings is 3. The van der Waals surface area contributed by atoms with Gasteiger partial charge in [0.1, 0.15) is 18.0 Å². The van der Waals surface area contributed by atoms with Crippen molar-refractivity contribution >= 4 is 28.7 Å². The van der Waals surface area contributed by atoms with Crippen LogP contribution >= 0.6 is 0 Å². The Morgan fingerprint density at radius 3 is 2.39 bits per heavy atom. The summed E-state index contributed by atoms with van der Waals surface area (Å²) < 4.78 is 16.7. The molecule has 0 fully saturated rings. The molecule has 0 unspecified atom stereocenters. The maximum Gasteiger partial charge on any atom is 0.420 e. The highest BCUT2D eigenvalue weighted by Gasteiger charge is 2.15. The number of para-hydroxylation sites is 1. The normalized spacial score (nSPS) is 10.6. The maximum absolute atomic E-state index is 12.5. The van der Waals surface area contributed by atoms with Crippen molar-refractivity contribution < 1.29 is 23.5 Å². The number of rotatable bonds is 6. The van der Waals surface area contributed by atoms with Gasteiger partial charge in [-0.05, 0) is 54.6 Å². The molecule has 1 N–H and O–H groups in total. The molecule has 1 heterocycles. The number of esters is 1. The first kappa shape index (κ1) is 20.0. The number of nitrogens with zero attached hydrogens (tertiary/aromatic N) is 1. The van der Waals surface area contributed by atoms with Gasteiger partial charge in [-0.25, -0.2) is 9.59 Å². The highest BCUT2D eigenvalue weighted by Crippen LogP contribution is 2.23. The summed E-state index contributed by atoms with van der Waals surface area (Å²) in [7, 11) is 1.26. The molecule has 0 spiro atoms. The molecule has 0 aliphatic carbocycles. The average molecular weight is 418 g/mol. The third-order valence-electron chi connectivity index (χ3n) is 4.51. The molecule has 0 aliphatic heterocycles. The third-order valence-corrected chi connectivity index (χ3v) is 4.51. The van der Waals surface area contributed by atoms with E-state index in [2.05, 4.69) is 10.1 Å². The molecule has 8 heteroatoms. The fourth-order valence-corrected chi connectivity index (χ4v) is 3.04. The van der Waals surface area contributed by atoms with E-state index in [1.807, 2.05) is 30.3 Å². The van der Waals surface area contributed by atoms with Crippen LogP contribution in [-0.4, -0.2) is 23.6 Å². The van der Waals surface area contributed by atoms with Gasteiger partial charge in [0, 0.05) is 5.69 Å². The molecule has 3 aromatic carbocycles. The van der Waals surface area contributed by atoms with E-state index in [1.165, 1.54) is 29.9 Å². The summed E-state index contributed by atoms with van der Waals surface area (Å²) in [5.41, 5.74) is 1.40. The molecular formula is C23H18N2O6. The van der Waals surface area contributed by atoms with Crippen LogP contribution in [0.5, 0.6) is 11.5 Å². The number of hydrogen-bond donors (Lipinski definition) is 1. The number of fused-ring (bicyclic) bond motifs is 1. The summed E-state index contributed by atoms with van der Waals surface area (Å²) >= 11 is 0. The van der Waals surface area contributed by atoms with Crippen LogP contribution in [0.25, 0.3) is 11.1 Å². The van der Waals surface area contributed by atoms with E-state index in [-0.39, 0.29) is 17.7 Å². The first-order valence-electron chi connectivity index (χ1n) is 9.38. The molecular weight excluding hydrogens is 400 g/mol. The summed E-state index contributed by atoms with van der Waals surface area (Å²) in [4.78, 5) is 36.3. The molecule has 0 aliphatic rings. The minimum absolute atomic E-state index is 0.197. The first-order valence-corrected chi connectivity index (χ1v) is 9.38. The van der Waals surface area contributed by atoms with E-state index in [9.17, 15) is 14.4 Å². The number of nitrogens with one attached hydrogen (secondary N) is 1. The minimum atomic E-state index is -0.696. The molecule has 8 nitrogen and oxygen atoms in total. The molecule has 0 radical (unpaired) electrons. The number of amides is 1. The zero-order valence-electron chi connectivity index (χ0n) is 16.5. The number of methoxy groups -OCH3 is 1. The van der Waals surface area contributed by atoms with Crippen LogP contribution in [0.2, 0.25) is 0 Å². The van der Waals surface area contributed by atoms with Crippen LogP contribution in [-0.2, 0) is 16.1 Å². The summed E-state index contributed by atoms with van der Waals surface area (Å²) in [6, 6.07) is 20.7. The Kier molecular flexibility index (Phi) is 5.53. The van der Waals surface area contributed by atoms with E-state index in [1.54, 1.807) is 24.3 Å². The average Bonchev–Trinajstić information content (AvgIpc) is 3.09. The minimum Gasteiger partial charge on any atom is -0.465 e. The van der Waals surface area contributed by atoms with Crippen LogP contribution in [0.4, 0.5) is 5.69 Å². The van der Waals surface area contributed by atoms with Gasteiger partial charge < -0.3 is 19.2 Å². The molecule has 4 aromatic rings. The van der Waals surface area contributed by atoms with Crippen molar-refractivity contribution in [1.82, 2.24) is 4.57 Å². The second kappa shape index (κ2) is 8.58. The second-order valence-electron chi connectivity index (χ2n) is 6.62. The van der Waals surface area contributed by atoms with Gasteiger partial charge in [-0.1, -0.05) is 18.2 Å². The number of carbonyl (C=O) groups excluding carboxylic acids is 2. The van der Waals surface area contributed by atoms with Crippen LogP contribution in [0.15, 0.2) is 82.0 Å². The van der Waals surface area contributed by atoms with Gasteiger partial charge in [-0.2, -0.15) is 0 Å². The second-order valence-corrected chi connectivity index (χ2v) is 6.62. The number of ether oxygens (including phenoxy) is 2. The van der Waals surface area contributed by atoms with Crippen LogP contribution < -0.4 is 15.8 Å². The third kappa shape index (κ3) is 4.48. The molecule has 0 saturated heterocycles. The molecule has 31 heavy (non-hydrogen) atoms. The Labute approximate surface area is 176 Å². The summed E-state index contributed by atoms with van der Waals surface area (Å²) in [6.07, 6.45) is 0. The first-order chi connectivity index (χ1) is 15.0. The van der Waals surface area contributed by atoms with E-state index in [0.29, 0.717) is 22.7 Å². The molecule has 0 atom stereocenters. The zero-order chi connectivity index (χ0) is 21.8. The number of hydrogen-bond acceptors (Lipinski definition) is 6. The summed E-state index contributed by atoms with van der Waals surface area (Å²) in [5, 5.41) is 2.73. The molecule has 156 valence electrons. The summed E-state index contributed by atoms with van der Waals surface area (Å²) in [5.74, 6) is -0.310. The van der Waals surface area contributed by atoms with Crippen molar-refractivity contribution in [2.75, 3.05) is 12.4 Å². The predicted octanol–water partition coefficient (Wildman–Crippen LogP) is 3.81. The number of anilines is 1. The quantitative estimate of drug-likeness (QED) is 0.478. The Bertz CT molecular complexity index is 1290. The fraction of sp³-hybridized carbons (Fsp3) is 0.0870. The molecule has 1 amide bonds. The number of aromatic nitrogens is 1. The van der Waals surface area contributed by atoms with Gasteiger partial charge in [0.25, 0.3) is 0 Å². The van der Waals surface area contributed by atoms with Crippen molar-refractivity contribution in [2.45, 2.75) is 6.54 Å². The molecule has 4 rings (SSSR count). The van der Waals surface area contributed by atoms with E-state index in [0.717, 1.165) is 0 Å². The molecule has 1 aromatic heterocycles. The lowest BCUT2D eigenvalue weighted by Gasteiger charge is -2.08. The Hall–Kier alpha value is -4.33. The Morgan fingerprint density at radius 2 is 1.68 bits per heavy atom. The van der Waals surface area contributed by atoms with Gasteiger partial charge in [-0.15, -0.1) is 0 Å². The Morgan fingerprint density at radius 1 is 0.968 bits per heavy atom. The SMILES string of the molecule is COC(=O)c1ccc2c(c1)oc(=O)n2CC(=O)Nc1ccc(Oc2ccccc2)cc1. The van der Waals surface area contributed by atoms with Crippen LogP contribution in [0.1, 0.15) is 10.4 Å². The lowest BCUT2D eigenvalue weighted by atomic mass is 10.2. The largest absolute Gasteiger partial charge is 0.465 e. The van der Waals surface area contributed by atoms with Gasteiger partial charge in [0.05, 0.1) is 18.2 Å². The fourth-order valence-electron chi connectivity index (χ4n) is 3.04. The van der Waals surface area contributed by atoms with Gasteiger partial charge in [0.15, 0.2) is 5.58 Å². The van der Waals surface area contributed by atoms with Crippen molar-refractivity contribution in [3.05, 3.63) is 88.9 Å². The lowest BCUT2D eigenvalue weighted by molar-refractivity contribution is -0.116. The summed E-state index contributed by atoms with van der Waals surface area (Å²) in [6.45, 7) is -0.244. The highest BCUT2D eigenvalue weighted by molar-refractivity contribution is 5.94. The van der Waals surface area contributed by atoms with E-state index in [4.69, 9.17) is 9.15 Å². The predicted molar refractivity (Wildman–Crippen MR) is 113 cm³/mol. The van der Waals surface area contributed by atoms with Crippen molar-refractivity contribution in [1.29, 1.82) is 0 Å². The topological polar surface area (TPSA) is 99.8 Å².